The molecule has 27 heavy (non-hydrogen) atoms. The Kier molecular flexibility index (Phi) is 4.04. The van der Waals surface area contributed by atoms with Crippen LogP contribution >= 0.6 is 11.6 Å². The summed E-state index contributed by atoms with van der Waals surface area (Å²) in [6, 6.07) is 4.52. The molecule has 2 saturated heterocycles. The summed E-state index contributed by atoms with van der Waals surface area (Å²) in [5.74, 6) is 1.49. The van der Waals surface area contributed by atoms with Crippen molar-refractivity contribution in [2.75, 3.05) is 11.9 Å². The van der Waals surface area contributed by atoms with Gasteiger partial charge in [-0.15, -0.1) is 0 Å². The molecule has 4 bridgehead atoms. The van der Waals surface area contributed by atoms with Gasteiger partial charge in [0.1, 0.15) is 0 Å². The molecule has 4 fully saturated rings. The summed E-state index contributed by atoms with van der Waals surface area (Å²) in [5, 5.41) is 15.1. The number of fused-ring (bicyclic) bond motifs is 1. The Balaban J connectivity index is 1.32. The van der Waals surface area contributed by atoms with Gasteiger partial charge in [0.05, 0.1) is 5.60 Å². The summed E-state index contributed by atoms with van der Waals surface area (Å²) in [6.45, 7) is 5.15. The van der Waals surface area contributed by atoms with Crippen LogP contribution in [-0.2, 0) is 4.79 Å². The fraction of sp³-hybridized carbons (Fsp3) is 0.682. The molecule has 1 aromatic carbocycles. The van der Waals surface area contributed by atoms with Gasteiger partial charge >= 0.3 is 0 Å². The molecule has 2 saturated carbocycles. The number of carbonyl (C=O) groups is 1. The monoisotopic (exact) mass is 388 g/mol. The molecule has 5 aliphatic rings. The maximum Gasteiger partial charge on any atom is 0.223 e. The third kappa shape index (κ3) is 2.79. The Hall–Kier alpha value is -1.26. The number of amides is 1. The van der Waals surface area contributed by atoms with E-state index in [1.165, 1.54) is 11.3 Å². The predicted octanol–water partition coefficient (Wildman–Crippen LogP) is 4.09. The highest BCUT2D eigenvalue weighted by atomic mass is 35.5. The molecule has 3 aliphatic heterocycles. The van der Waals surface area contributed by atoms with Crippen molar-refractivity contribution in [3.8, 4) is 0 Å². The van der Waals surface area contributed by atoms with Gasteiger partial charge in [0.15, 0.2) is 0 Å². The van der Waals surface area contributed by atoms with Crippen molar-refractivity contribution in [3.63, 3.8) is 0 Å². The third-order valence-electron chi connectivity index (χ3n) is 7.70. The number of hydrogen-bond donors (Lipinski definition) is 2. The number of hydrogen-bond acceptors (Lipinski definition) is 3. The fourth-order valence-electron chi connectivity index (χ4n) is 6.66. The quantitative estimate of drug-likeness (QED) is 0.820. The first-order valence-electron chi connectivity index (χ1n) is 10.4. The molecule has 1 aromatic rings. The van der Waals surface area contributed by atoms with Crippen LogP contribution < -0.4 is 5.32 Å². The van der Waals surface area contributed by atoms with Crippen molar-refractivity contribution in [1.82, 2.24) is 4.90 Å². The Morgan fingerprint density at radius 2 is 2.04 bits per heavy atom. The van der Waals surface area contributed by atoms with E-state index in [-0.39, 0.29) is 23.9 Å². The molecule has 4 atom stereocenters. The van der Waals surface area contributed by atoms with Crippen molar-refractivity contribution < 1.29 is 9.90 Å². The molecule has 6 rings (SSSR count). The first-order chi connectivity index (χ1) is 12.8. The van der Waals surface area contributed by atoms with Crippen LogP contribution in [0.5, 0.6) is 0 Å². The maximum atomic E-state index is 13.3. The molecule has 3 heterocycles. The molecule has 4 nitrogen and oxygen atoms in total. The van der Waals surface area contributed by atoms with Gasteiger partial charge < -0.3 is 15.3 Å². The summed E-state index contributed by atoms with van der Waals surface area (Å²) in [7, 11) is 0. The minimum atomic E-state index is -0.499. The van der Waals surface area contributed by atoms with Gasteiger partial charge in [-0.2, -0.15) is 0 Å². The molecule has 0 aromatic heterocycles. The van der Waals surface area contributed by atoms with E-state index in [4.69, 9.17) is 11.6 Å². The van der Waals surface area contributed by atoms with Gasteiger partial charge in [-0.1, -0.05) is 18.5 Å². The molecule has 2 N–H and O–H groups in total. The standard InChI is InChI=1S/C22H29ClN2O2/c1-12(17-11-24-19-4-3-18(23)13(2)21(17)19)5-20(26)25-15-6-14-7-16(25)10-22(27,8-14)9-15/h3-4,12,14-17,24,27H,5-11H2,1-2H3. The minimum absolute atomic E-state index is 0.256. The number of aliphatic hydroxyl groups is 1. The highest BCUT2D eigenvalue weighted by Gasteiger charge is 2.55. The Labute approximate surface area is 166 Å². The number of anilines is 1. The number of carbonyl (C=O) groups excluding carboxylic acids is 1. The van der Waals surface area contributed by atoms with Crippen molar-refractivity contribution in [3.05, 3.63) is 28.3 Å². The number of halogens is 1. The number of piperidine rings is 2. The molecular formula is C22H29ClN2O2. The second kappa shape index (κ2) is 6.12. The largest absolute Gasteiger partial charge is 0.390 e. The summed E-state index contributed by atoms with van der Waals surface area (Å²) in [6.07, 6.45) is 5.26. The van der Waals surface area contributed by atoms with Crippen LogP contribution in [0.2, 0.25) is 5.02 Å². The van der Waals surface area contributed by atoms with Gasteiger partial charge in [0.25, 0.3) is 0 Å². The lowest BCUT2D eigenvalue weighted by Gasteiger charge is -2.59. The van der Waals surface area contributed by atoms with Crippen molar-refractivity contribution in [2.45, 2.75) is 76.0 Å². The minimum Gasteiger partial charge on any atom is -0.390 e. The lowest BCUT2D eigenvalue weighted by molar-refractivity contribution is -0.175. The van der Waals surface area contributed by atoms with E-state index < -0.39 is 5.60 Å². The molecule has 2 aliphatic carbocycles. The van der Waals surface area contributed by atoms with E-state index in [0.29, 0.717) is 18.3 Å². The van der Waals surface area contributed by atoms with Crippen LogP contribution in [0.1, 0.15) is 62.5 Å². The van der Waals surface area contributed by atoms with Crippen molar-refractivity contribution in [2.24, 2.45) is 11.8 Å². The number of benzene rings is 1. The maximum absolute atomic E-state index is 13.3. The normalized spacial score (nSPS) is 37.3. The number of nitrogens with one attached hydrogen (secondary N) is 1. The Morgan fingerprint density at radius 1 is 1.33 bits per heavy atom. The Bertz CT molecular complexity index is 779. The molecule has 1 amide bonds. The van der Waals surface area contributed by atoms with Crippen LogP contribution in [0.25, 0.3) is 0 Å². The van der Waals surface area contributed by atoms with Gasteiger partial charge in [-0.3, -0.25) is 4.79 Å². The molecule has 4 unspecified atom stereocenters. The van der Waals surface area contributed by atoms with E-state index in [1.54, 1.807) is 0 Å². The second-order valence-electron chi connectivity index (χ2n) is 9.59. The molecule has 0 spiro atoms. The smallest absolute Gasteiger partial charge is 0.223 e. The first kappa shape index (κ1) is 17.8. The van der Waals surface area contributed by atoms with Crippen molar-refractivity contribution >= 4 is 23.2 Å². The summed E-state index contributed by atoms with van der Waals surface area (Å²) >= 11 is 6.36. The lowest BCUT2D eigenvalue weighted by Crippen LogP contribution is -2.65. The highest BCUT2D eigenvalue weighted by molar-refractivity contribution is 6.31. The van der Waals surface area contributed by atoms with Gasteiger partial charge in [0.2, 0.25) is 5.91 Å². The van der Waals surface area contributed by atoms with Gasteiger partial charge in [-0.25, -0.2) is 0 Å². The third-order valence-corrected chi connectivity index (χ3v) is 8.11. The summed E-state index contributed by atoms with van der Waals surface area (Å²) < 4.78 is 0. The summed E-state index contributed by atoms with van der Waals surface area (Å²) in [4.78, 5) is 15.4. The molecule has 0 radical (unpaired) electrons. The average Bonchev–Trinajstić information content (AvgIpc) is 3.01. The highest BCUT2D eigenvalue weighted by Crippen LogP contribution is 2.52. The summed E-state index contributed by atoms with van der Waals surface area (Å²) in [5.41, 5.74) is 3.09. The molecule has 146 valence electrons. The zero-order valence-electron chi connectivity index (χ0n) is 16.2. The average molecular weight is 389 g/mol. The zero-order valence-corrected chi connectivity index (χ0v) is 16.9. The van der Waals surface area contributed by atoms with Gasteiger partial charge in [-0.05, 0) is 74.1 Å². The SMILES string of the molecule is Cc1c(Cl)ccc2c1C(C(C)CC(=O)N1C3CC4CC1CC(O)(C4)C3)CN2. The first-order valence-corrected chi connectivity index (χ1v) is 10.8. The second-order valence-corrected chi connectivity index (χ2v) is 9.99. The lowest BCUT2D eigenvalue weighted by atomic mass is 9.61. The topological polar surface area (TPSA) is 52.6 Å². The van der Waals surface area contributed by atoms with Crippen LogP contribution in [0, 0.1) is 18.8 Å². The van der Waals surface area contributed by atoms with E-state index in [2.05, 4.69) is 30.1 Å². The number of rotatable bonds is 3. The van der Waals surface area contributed by atoms with Crippen molar-refractivity contribution in [1.29, 1.82) is 0 Å². The zero-order chi connectivity index (χ0) is 18.9. The van der Waals surface area contributed by atoms with Gasteiger partial charge in [0, 0.05) is 41.7 Å². The van der Waals surface area contributed by atoms with Crippen LogP contribution in [0.3, 0.4) is 0 Å². The van der Waals surface area contributed by atoms with E-state index in [9.17, 15) is 9.90 Å². The number of nitrogens with zero attached hydrogens (tertiary/aromatic N) is 1. The molecule has 5 heteroatoms. The Morgan fingerprint density at radius 3 is 2.70 bits per heavy atom. The van der Waals surface area contributed by atoms with Crippen LogP contribution in [0.15, 0.2) is 12.1 Å². The fourth-order valence-corrected chi connectivity index (χ4v) is 6.82. The van der Waals surface area contributed by atoms with Crippen LogP contribution in [-0.4, -0.2) is 40.1 Å². The van der Waals surface area contributed by atoms with Crippen LogP contribution in [0.4, 0.5) is 5.69 Å². The van der Waals surface area contributed by atoms with E-state index >= 15 is 0 Å². The van der Waals surface area contributed by atoms with E-state index in [1.807, 2.05) is 6.07 Å². The predicted molar refractivity (Wildman–Crippen MR) is 107 cm³/mol. The van der Waals surface area contributed by atoms with E-state index in [0.717, 1.165) is 49.2 Å². The molecular weight excluding hydrogens is 360 g/mol.